The van der Waals surface area contributed by atoms with E-state index in [1.807, 2.05) is 6.92 Å². The molecule has 118 valence electrons. The number of aryl methyl sites for hydroxylation is 1. The van der Waals surface area contributed by atoms with Crippen LogP contribution in [-0.2, 0) is 9.53 Å². The summed E-state index contributed by atoms with van der Waals surface area (Å²) in [5, 5.41) is 10.3. The van der Waals surface area contributed by atoms with E-state index < -0.39 is 11.4 Å². The Labute approximate surface area is 133 Å². The van der Waals surface area contributed by atoms with Gasteiger partial charge in [0.25, 0.3) is 5.91 Å². The van der Waals surface area contributed by atoms with Gasteiger partial charge < -0.3 is 14.7 Å². The first-order valence-electron chi connectivity index (χ1n) is 7.30. The van der Waals surface area contributed by atoms with Crippen LogP contribution in [0.3, 0.4) is 0 Å². The summed E-state index contributed by atoms with van der Waals surface area (Å²) in [6.45, 7) is 3.35. The number of hydrogen-bond donors (Lipinski definition) is 1. The van der Waals surface area contributed by atoms with Crippen molar-refractivity contribution in [3.05, 3.63) is 34.3 Å². The highest BCUT2D eigenvalue weighted by molar-refractivity contribution is 6.31. The molecule has 0 saturated carbocycles. The van der Waals surface area contributed by atoms with E-state index in [1.54, 1.807) is 23.1 Å². The number of carbonyl (C=O) groups excluding carboxylic acids is 1. The lowest BCUT2D eigenvalue weighted by Gasteiger charge is -2.33. The zero-order chi connectivity index (χ0) is 15.9. The summed E-state index contributed by atoms with van der Waals surface area (Å²) in [6.07, 6.45) is 0.455. The van der Waals surface area contributed by atoms with E-state index in [0.29, 0.717) is 36.8 Å². The second-order valence-corrected chi connectivity index (χ2v) is 6.54. The molecule has 1 aromatic rings. The summed E-state index contributed by atoms with van der Waals surface area (Å²) in [7, 11) is 0. The highest BCUT2D eigenvalue weighted by atomic mass is 35.5. The smallest absolute Gasteiger partial charge is 0.311 e. The number of carbonyl (C=O) groups is 2. The highest BCUT2D eigenvalue weighted by Crippen LogP contribution is 2.42. The van der Waals surface area contributed by atoms with Crippen molar-refractivity contribution in [2.24, 2.45) is 11.3 Å². The average Bonchev–Trinajstić information content (AvgIpc) is 2.90. The van der Waals surface area contributed by atoms with E-state index in [-0.39, 0.29) is 18.4 Å². The van der Waals surface area contributed by atoms with Gasteiger partial charge in [-0.2, -0.15) is 0 Å². The minimum Gasteiger partial charge on any atom is -0.481 e. The van der Waals surface area contributed by atoms with E-state index in [0.717, 1.165) is 5.56 Å². The van der Waals surface area contributed by atoms with Crippen LogP contribution in [0.25, 0.3) is 0 Å². The second kappa shape index (κ2) is 5.56. The number of likely N-dealkylation sites (tertiary alicyclic amines) is 1. The molecule has 0 unspecified atom stereocenters. The van der Waals surface area contributed by atoms with Crippen molar-refractivity contribution in [2.75, 3.05) is 26.3 Å². The van der Waals surface area contributed by atoms with E-state index in [2.05, 4.69) is 0 Å². The van der Waals surface area contributed by atoms with Gasteiger partial charge in [-0.05, 0) is 37.1 Å². The third-order valence-electron chi connectivity index (χ3n) is 4.82. The van der Waals surface area contributed by atoms with Gasteiger partial charge in [-0.1, -0.05) is 11.6 Å². The Bertz CT molecular complexity index is 633. The van der Waals surface area contributed by atoms with Crippen LogP contribution >= 0.6 is 11.6 Å². The van der Waals surface area contributed by atoms with Crippen LogP contribution in [0.4, 0.5) is 0 Å². The first kappa shape index (κ1) is 15.3. The molecule has 2 saturated heterocycles. The van der Waals surface area contributed by atoms with Crippen LogP contribution in [0.15, 0.2) is 18.2 Å². The molecule has 2 fully saturated rings. The first-order valence-corrected chi connectivity index (χ1v) is 7.68. The first-order chi connectivity index (χ1) is 10.4. The van der Waals surface area contributed by atoms with Gasteiger partial charge in [-0.25, -0.2) is 0 Å². The fraction of sp³-hybridized carbons (Fsp3) is 0.500. The monoisotopic (exact) mass is 323 g/mol. The van der Waals surface area contributed by atoms with Crippen LogP contribution in [0.5, 0.6) is 0 Å². The molecule has 22 heavy (non-hydrogen) atoms. The van der Waals surface area contributed by atoms with Crippen LogP contribution < -0.4 is 0 Å². The maximum Gasteiger partial charge on any atom is 0.311 e. The highest BCUT2D eigenvalue weighted by Gasteiger charge is 2.54. The number of hydrogen-bond acceptors (Lipinski definition) is 3. The van der Waals surface area contributed by atoms with Crippen LogP contribution in [-0.4, -0.2) is 48.2 Å². The lowest BCUT2D eigenvalue weighted by molar-refractivity contribution is -0.157. The molecule has 3 rings (SSSR count). The number of ether oxygens (including phenoxy) is 1. The van der Waals surface area contributed by atoms with Crippen molar-refractivity contribution in [3.8, 4) is 0 Å². The molecule has 1 aromatic carbocycles. The number of rotatable bonds is 2. The number of carboxylic acid groups (broad SMARTS) is 1. The quantitative estimate of drug-likeness (QED) is 0.906. The molecular weight excluding hydrogens is 306 g/mol. The minimum absolute atomic E-state index is 0.143. The Kier molecular flexibility index (Phi) is 3.87. The Morgan fingerprint density at radius 2 is 2.23 bits per heavy atom. The number of benzene rings is 1. The zero-order valence-corrected chi connectivity index (χ0v) is 13.1. The molecule has 0 spiro atoms. The predicted molar refractivity (Wildman–Crippen MR) is 81.1 cm³/mol. The number of aliphatic carboxylic acids is 1. The average molecular weight is 324 g/mol. The molecule has 6 heteroatoms. The van der Waals surface area contributed by atoms with Crippen molar-refractivity contribution in [2.45, 2.75) is 13.3 Å². The van der Waals surface area contributed by atoms with E-state index in [1.165, 1.54) is 0 Å². The van der Waals surface area contributed by atoms with Gasteiger partial charge >= 0.3 is 5.97 Å². The molecule has 2 aliphatic rings. The second-order valence-electron chi connectivity index (χ2n) is 6.13. The molecular formula is C16H18ClNO4. The molecule has 0 aromatic heterocycles. The standard InChI is InChI=1S/C16H18ClNO4/c1-10-6-11(2-3-13(10)17)14(19)18-7-12-8-22-5-4-16(12,9-18)15(20)21/h2-3,6,12H,4-5,7-9H2,1H3,(H,20,21)/t12-,16+/m1/s1. The van der Waals surface area contributed by atoms with E-state index in [4.69, 9.17) is 16.3 Å². The van der Waals surface area contributed by atoms with Gasteiger partial charge in [-0.3, -0.25) is 9.59 Å². The van der Waals surface area contributed by atoms with Gasteiger partial charge in [0, 0.05) is 36.2 Å². The Morgan fingerprint density at radius 3 is 2.86 bits per heavy atom. The summed E-state index contributed by atoms with van der Waals surface area (Å²) < 4.78 is 5.41. The zero-order valence-electron chi connectivity index (χ0n) is 12.3. The molecule has 0 radical (unpaired) electrons. The Balaban J connectivity index is 1.85. The number of halogens is 1. The fourth-order valence-electron chi connectivity index (χ4n) is 3.41. The third-order valence-corrected chi connectivity index (χ3v) is 5.25. The van der Waals surface area contributed by atoms with Crippen molar-refractivity contribution in [3.63, 3.8) is 0 Å². The molecule has 0 bridgehead atoms. The van der Waals surface area contributed by atoms with Crippen LogP contribution in [0.1, 0.15) is 22.3 Å². The summed E-state index contributed by atoms with van der Waals surface area (Å²) in [5.74, 6) is -1.12. The van der Waals surface area contributed by atoms with Crippen molar-refractivity contribution in [1.82, 2.24) is 4.90 Å². The van der Waals surface area contributed by atoms with Crippen molar-refractivity contribution < 1.29 is 19.4 Å². The largest absolute Gasteiger partial charge is 0.481 e. The Morgan fingerprint density at radius 1 is 1.45 bits per heavy atom. The van der Waals surface area contributed by atoms with Crippen molar-refractivity contribution >= 4 is 23.5 Å². The Hall–Kier alpha value is -1.59. The molecule has 0 aliphatic carbocycles. The van der Waals surface area contributed by atoms with Gasteiger partial charge in [0.2, 0.25) is 0 Å². The van der Waals surface area contributed by atoms with E-state index >= 15 is 0 Å². The maximum absolute atomic E-state index is 12.7. The van der Waals surface area contributed by atoms with Gasteiger partial charge in [0.15, 0.2) is 0 Å². The minimum atomic E-state index is -0.866. The van der Waals surface area contributed by atoms with Crippen molar-refractivity contribution in [1.29, 1.82) is 0 Å². The molecule has 1 amide bonds. The number of nitrogens with zero attached hydrogens (tertiary/aromatic N) is 1. The summed E-state index contributed by atoms with van der Waals surface area (Å²) in [4.78, 5) is 26.1. The lowest BCUT2D eigenvalue weighted by atomic mass is 9.74. The van der Waals surface area contributed by atoms with E-state index in [9.17, 15) is 14.7 Å². The van der Waals surface area contributed by atoms with Crippen LogP contribution in [0.2, 0.25) is 5.02 Å². The number of amides is 1. The predicted octanol–water partition coefficient (Wildman–Crippen LogP) is 2.21. The van der Waals surface area contributed by atoms with Gasteiger partial charge in [0.05, 0.1) is 12.0 Å². The third kappa shape index (κ3) is 2.38. The summed E-state index contributed by atoms with van der Waals surface area (Å²) >= 11 is 5.99. The van der Waals surface area contributed by atoms with Crippen LogP contribution in [0, 0.1) is 18.3 Å². The topological polar surface area (TPSA) is 66.8 Å². The maximum atomic E-state index is 12.7. The molecule has 2 heterocycles. The molecule has 2 atom stereocenters. The molecule has 2 aliphatic heterocycles. The summed E-state index contributed by atoms with van der Waals surface area (Å²) in [6, 6.07) is 5.13. The number of fused-ring (bicyclic) bond motifs is 1. The lowest BCUT2D eigenvalue weighted by Crippen LogP contribution is -2.45. The van der Waals surface area contributed by atoms with Gasteiger partial charge in [-0.15, -0.1) is 0 Å². The number of carboxylic acids is 1. The summed E-state index contributed by atoms with van der Waals surface area (Å²) in [5.41, 5.74) is 0.512. The fourth-order valence-corrected chi connectivity index (χ4v) is 3.53. The normalized spacial score (nSPS) is 27.5. The van der Waals surface area contributed by atoms with Gasteiger partial charge in [0.1, 0.15) is 0 Å². The molecule has 1 N–H and O–H groups in total. The SMILES string of the molecule is Cc1cc(C(=O)N2C[C@@H]3COCC[C@]3(C(=O)O)C2)ccc1Cl. The molecule has 5 nitrogen and oxygen atoms in total.